The first kappa shape index (κ1) is 26.1. The van der Waals surface area contributed by atoms with Crippen LogP contribution in [0.25, 0.3) is 0 Å². The Labute approximate surface area is 210 Å². The van der Waals surface area contributed by atoms with Crippen LogP contribution in [0, 0.1) is 0 Å². The van der Waals surface area contributed by atoms with E-state index in [0.29, 0.717) is 27.8 Å². The number of rotatable bonds is 10. The summed E-state index contributed by atoms with van der Waals surface area (Å²) < 4.78 is 10.4. The van der Waals surface area contributed by atoms with Gasteiger partial charge in [-0.3, -0.25) is 9.59 Å². The highest BCUT2D eigenvalue weighted by Crippen LogP contribution is 2.29. The Balaban J connectivity index is 1.67. The summed E-state index contributed by atoms with van der Waals surface area (Å²) >= 11 is 1.23. The van der Waals surface area contributed by atoms with Crippen LogP contribution in [0.15, 0.2) is 65.6 Å². The highest BCUT2D eigenvalue weighted by atomic mass is 32.2. The molecule has 0 unspecified atom stereocenters. The van der Waals surface area contributed by atoms with E-state index in [1.54, 1.807) is 42.5 Å². The van der Waals surface area contributed by atoms with Crippen LogP contribution in [-0.2, 0) is 4.79 Å². The number of anilines is 2. The lowest BCUT2D eigenvalue weighted by molar-refractivity contribution is -0.113. The topological polar surface area (TPSA) is 151 Å². The molecule has 4 N–H and O–H groups in total. The average molecular weight is 511 g/mol. The van der Waals surface area contributed by atoms with Gasteiger partial charge >= 0.3 is 11.9 Å². The lowest BCUT2D eigenvalue weighted by Crippen LogP contribution is -2.17. The van der Waals surface area contributed by atoms with Crippen LogP contribution in [-0.4, -0.2) is 53.9 Å². The van der Waals surface area contributed by atoms with Gasteiger partial charge in [0.2, 0.25) is 5.91 Å². The van der Waals surface area contributed by atoms with Crippen LogP contribution in [0.1, 0.15) is 31.1 Å². The maximum atomic E-state index is 12.7. The molecule has 0 aromatic heterocycles. The lowest BCUT2D eigenvalue weighted by atomic mass is 10.0. The highest BCUT2D eigenvalue weighted by Gasteiger charge is 2.19. The van der Waals surface area contributed by atoms with Crippen molar-refractivity contribution in [1.29, 1.82) is 0 Å². The summed E-state index contributed by atoms with van der Waals surface area (Å²) in [5.74, 6) is -2.62. The van der Waals surface area contributed by atoms with Gasteiger partial charge in [0.25, 0.3) is 5.91 Å². The first-order valence-corrected chi connectivity index (χ1v) is 11.4. The van der Waals surface area contributed by atoms with Crippen molar-refractivity contribution in [1.82, 2.24) is 0 Å². The minimum absolute atomic E-state index is 0.0670. The molecular formula is C25H22N2O8S. The Morgan fingerprint density at radius 2 is 1.61 bits per heavy atom. The van der Waals surface area contributed by atoms with E-state index in [0.717, 1.165) is 18.2 Å². The van der Waals surface area contributed by atoms with Crippen LogP contribution in [0.3, 0.4) is 0 Å². The zero-order valence-corrected chi connectivity index (χ0v) is 20.0. The molecule has 0 aliphatic rings. The molecule has 0 fully saturated rings. The van der Waals surface area contributed by atoms with Crippen molar-refractivity contribution in [2.24, 2.45) is 0 Å². The van der Waals surface area contributed by atoms with Crippen molar-refractivity contribution < 1.29 is 38.9 Å². The second kappa shape index (κ2) is 11.8. The molecule has 186 valence electrons. The summed E-state index contributed by atoms with van der Waals surface area (Å²) in [4.78, 5) is 48.5. The maximum absolute atomic E-state index is 12.7. The van der Waals surface area contributed by atoms with Crippen molar-refractivity contribution in [3.8, 4) is 11.5 Å². The molecule has 0 spiro atoms. The van der Waals surface area contributed by atoms with E-state index >= 15 is 0 Å². The van der Waals surface area contributed by atoms with Crippen LogP contribution in [0.5, 0.6) is 11.5 Å². The average Bonchev–Trinajstić information content (AvgIpc) is 2.87. The molecule has 0 atom stereocenters. The van der Waals surface area contributed by atoms with Gasteiger partial charge in [-0.25, -0.2) is 9.59 Å². The van der Waals surface area contributed by atoms with Crippen molar-refractivity contribution in [2.45, 2.75) is 4.90 Å². The summed E-state index contributed by atoms with van der Waals surface area (Å²) in [6.07, 6.45) is 0. The number of thioether (sulfide) groups is 1. The first-order chi connectivity index (χ1) is 17.2. The van der Waals surface area contributed by atoms with Crippen LogP contribution in [0.2, 0.25) is 0 Å². The monoisotopic (exact) mass is 510 g/mol. The number of carboxylic acid groups (broad SMARTS) is 2. The summed E-state index contributed by atoms with van der Waals surface area (Å²) in [7, 11) is 3.01. The molecule has 0 radical (unpaired) electrons. The van der Waals surface area contributed by atoms with Gasteiger partial charge in [-0.05, 0) is 48.5 Å². The van der Waals surface area contributed by atoms with Gasteiger partial charge in [-0.1, -0.05) is 6.07 Å². The molecule has 0 saturated heterocycles. The van der Waals surface area contributed by atoms with Gasteiger partial charge in [0.15, 0.2) is 0 Å². The Bertz CT molecular complexity index is 1330. The van der Waals surface area contributed by atoms with E-state index < -0.39 is 23.4 Å². The number of methoxy groups -OCH3 is 2. The fraction of sp³-hybridized carbons (Fsp3) is 0.120. The van der Waals surface area contributed by atoms with Gasteiger partial charge in [-0.2, -0.15) is 0 Å². The Morgan fingerprint density at radius 1 is 0.833 bits per heavy atom. The molecule has 0 aliphatic carbocycles. The zero-order chi connectivity index (χ0) is 26.2. The third-order valence-electron chi connectivity index (χ3n) is 4.88. The molecule has 3 rings (SSSR count). The van der Waals surface area contributed by atoms with Gasteiger partial charge in [0, 0.05) is 16.6 Å². The van der Waals surface area contributed by atoms with E-state index in [9.17, 15) is 24.3 Å². The Hall–Kier alpha value is -4.51. The molecular weight excluding hydrogens is 488 g/mol. The third kappa shape index (κ3) is 6.54. The first-order valence-electron chi connectivity index (χ1n) is 10.4. The van der Waals surface area contributed by atoms with Crippen molar-refractivity contribution in [3.05, 3.63) is 77.4 Å². The summed E-state index contributed by atoms with van der Waals surface area (Å²) in [6, 6.07) is 14.9. The molecule has 0 heterocycles. The van der Waals surface area contributed by atoms with Crippen LogP contribution < -0.4 is 20.1 Å². The number of ether oxygens (including phenoxy) is 2. The summed E-state index contributed by atoms with van der Waals surface area (Å²) in [5, 5.41) is 23.8. The summed E-state index contributed by atoms with van der Waals surface area (Å²) in [5.41, 5.74) is -0.0166. The smallest absolute Gasteiger partial charge is 0.336 e. The number of carboxylic acids is 2. The van der Waals surface area contributed by atoms with E-state index in [1.165, 1.54) is 26.0 Å². The Morgan fingerprint density at radius 3 is 2.28 bits per heavy atom. The number of benzene rings is 3. The van der Waals surface area contributed by atoms with Gasteiger partial charge in [0.1, 0.15) is 11.5 Å². The highest BCUT2D eigenvalue weighted by molar-refractivity contribution is 8.00. The molecule has 3 aromatic rings. The minimum Gasteiger partial charge on any atom is -0.497 e. The van der Waals surface area contributed by atoms with Crippen LogP contribution in [0.4, 0.5) is 11.4 Å². The number of hydrogen-bond donors (Lipinski definition) is 4. The molecule has 0 aliphatic heterocycles. The molecule has 10 nitrogen and oxygen atoms in total. The largest absolute Gasteiger partial charge is 0.497 e. The number of nitrogens with one attached hydrogen (secondary N) is 2. The number of hydrogen-bond acceptors (Lipinski definition) is 7. The second-order valence-electron chi connectivity index (χ2n) is 7.26. The quantitative estimate of drug-likeness (QED) is 0.296. The SMILES string of the molecule is COc1ccc(OC)c(NC(=O)CSc2cccc(NC(=O)c3ccc(C(=O)O)cc3C(=O)O)c2)c1. The van der Waals surface area contributed by atoms with Gasteiger partial charge in [0.05, 0.1) is 42.4 Å². The third-order valence-corrected chi connectivity index (χ3v) is 5.88. The van der Waals surface area contributed by atoms with E-state index in [-0.39, 0.29) is 22.8 Å². The normalized spacial score (nSPS) is 10.3. The fourth-order valence-electron chi connectivity index (χ4n) is 3.16. The van der Waals surface area contributed by atoms with Crippen LogP contribution >= 0.6 is 11.8 Å². The minimum atomic E-state index is -1.42. The Kier molecular flexibility index (Phi) is 8.52. The number of carbonyl (C=O) groups is 4. The standard InChI is InChI=1S/C25H22N2O8S/c1-34-16-7-9-21(35-2)20(12-16)27-22(28)13-36-17-5-3-4-15(11-17)26-23(29)18-8-6-14(24(30)31)10-19(18)25(32)33/h3-12H,13H2,1-2H3,(H,26,29)(H,27,28)(H,30,31)(H,32,33). The second-order valence-corrected chi connectivity index (χ2v) is 8.30. The number of amides is 2. The van der Waals surface area contributed by atoms with Gasteiger partial charge in [-0.15, -0.1) is 11.8 Å². The molecule has 11 heteroatoms. The van der Waals surface area contributed by atoms with E-state index in [4.69, 9.17) is 14.6 Å². The van der Waals surface area contributed by atoms with E-state index in [1.807, 2.05) is 0 Å². The number of carbonyl (C=O) groups excluding carboxylic acids is 2. The number of aromatic carboxylic acids is 2. The van der Waals surface area contributed by atoms with Crippen molar-refractivity contribution >= 4 is 46.9 Å². The summed E-state index contributed by atoms with van der Waals surface area (Å²) in [6.45, 7) is 0. The maximum Gasteiger partial charge on any atom is 0.336 e. The van der Waals surface area contributed by atoms with Crippen molar-refractivity contribution in [2.75, 3.05) is 30.6 Å². The zero-order valence-electron chi connectivity index (χ0n) is 19.2. The molecule has 36 heavy (non-hydrogen) atoms. The van der Waals surface area contributed by atoms with Gasteiger partial charge < -0.3 is 30.3 Å². The fourth-order valence-corrected chi connectivity index (χ4v) is 3.92. The molecule has 3 aromatic carbocycles. The predicted octanol–water partition coefficient (Wildman–Crippen LogP) is 4.08. The van der Waals surface area contributed by atoms with Crippen molar-refractivity contribution in [3.63, 3.8) is 0 Å². The molecule has 2 amide bonds. The molecule has 0 bridgehead atoms. The molecule has 0 saturated carbocycles. The lowest BCUT2D eigenvalue weighted by Gasteiger charge is -2.12. The predicted molar refractivity (Wildman–Crippen MR) is 134 cm³/mol. The van der Waals surface area contributed by atoms with E-state index in [2.05, 4.69) is 10.6 Å².